The van der Waals surface area contributed by atoms with Crippen LogP contribution >= 0.6 is 46.1 Å². The van der Waals surface area contributed by atoms with Crippen LogP contribution < -0.4 is 0 Å². The second-order valence-electron chi connectivity index (χ2n) is 5.86. The molecule has 110 valence electrons. The standard InChI is InChI=1S/C16H22INS2/c17-12-7-13-10-19-15-5-3-1-2-4-6-16(9-15)20-11-14(8-12)18-13/h7-8,15-16H,1-6,9-11H2. The van der Waals surface area contributed by atoms with Crippen molar-refractivity contribution in [1.82, 2.24) is 4.98 Å². The Morgan fingerprint density at radius 3 is 2.00 bits per heavy atom. The maximum atomic E-state index is 4.85. The fraction of sp³-hybridized carbons (Fsp3) is 0.688. The molecular weight excluding hydrogens is 397 g/mol. The first-order valence-electron chi connectivity index (χ1n) is 7.68. The van der Waals surface area contributed by atoms with Gasteiger partial charge < -0.3 is 0 Å². The van der Waals surface area contributed by atoms with Crippen molar-refractivity contribution in [2.45, 2.75) is 67.0 Å². The SMILES string of the molecule is Ic1cc2nc(c1)CSC1CCCCCCC(C1)SC2. The average Bonchev–Trinajstić information content (AvgIpc) is 2.54. The minimum Gasteiger partial charge on any atom is -0.256 e. The maximum Gasteiger partial charge on any atom is 0.0516 e. The summed E-state index contributed by atoms with van der Waals surface area (Å²) in [7, 11) is 0. The van der Waals surface area contributed by atoms with Crippen LogP contribution in [0, 0.1) is 3.57 Å². The van der Waals surface area contributed by atoms with Crippen LogP contribution in [0.25, 0.3) is 0 Å². The van der Waals surface area contributed by atoms with Gasteiger partial charge in [0.15, 0.2) is 0 Å². The number of hydrogen-bond acceptors (Lipinski definition) is 3. The van der Waals surface area contributed by atoms with Gasteiger partial charge in [-0.15, -0.1) is 0 Å². The van der Waals surface area contributed by atoms with E-state index in [1.807, 2.05) is 0 Å². The highest BCUT2D eigenvalue weighted by Crippen LogP contribution is 2.35. The van der Waals surface area contributed by atoms with Crippen LogP contribution in [0.15, 0.2) is 12.1 Å². The summed E-state index contributed by atoms with van der Waals surface area (Å²) in [5, 5.41) is 1.71. The summed E-state index contributed by atoms with van der Waals surface area (Å²) in [5.74, 6) is 2.21. The molecule has 0 radical (unpaired) electrons. The molecule has 1 aliphatic heterocycles. The number of halogens is 1. The summed E-state index contributed by atoms with van der Waals surface area (Å²) in [5.41, 5.74) is 2.58. The van der Waals surface area contributed by atoms with Crippen molar-refractivity contribution < 1.29 is 0 Å². The van der Waals surface area contributed by atoms with E-state index >= 15 is 0 Å². The van der Waals surface area contributed by atoms with Crippen LogP contribution in [0.3, 0.4) is 0 Å². The lowest BCUT2D eigenvalue weighted by molar-refractivity contribution is 0.628. The first kappa shape index (κ1) is 15.5. The third-order valence-electron chi connectivity index (χ3n) is 4.16. The van der Waals surface area contributed by atoms with E-state index in [0.29, 0.717) is 0 Å². The molecule has 0 spiro atoms. The summed E-state index contributed by atoms with van der Waals surface area (Å²) < 4.78 is 1.35. The summed E-state index contributed by atoms with van der Waals surface area (Å²) in [6.07, 6.45) is 9.99. The summed E-state index contributed by atoms with van der Waals surface area (Å²) >= 11 is 6.75. The van der Waals surface area contributed by atoms with Gasteiger partial charge in [-0.2, -0.15) is 23.5 Å². The molecule has 0 aromatic carbocycles. The predicted octanol–water partition coefficient (Wildman–Crippen LogP) is 5.65. The third kappa shape index (κ3) is 4.54. The number of nitrogens with zero attached hydrogens (tertiary/aromatic N) is 1. The minimum atomic E-state index is 0.854. The Bertz CT molecular complexity index is 416. The van der Waals surface area contributed by atoms with Crippen molar-refractivity contribution in [2.75, 3.05) is 0 Å². The molecule has 1 aliphatic carbocycles. The highest BCUT2D eigenvalue weighted by molar-refractivity contribution is 14.1. The Balaban J connectivity index is 1.79. The monoisotopic (exact) mass is 419 g/mol. The fourth-order valence-corrected chi connectivity index (χ4v) is 6.45. The van der Waals surface area contributed by atoms with E-state index < -0.39 is 0 Å². The van der Waals surface area contributed by atoms with Crippen LogP contribution in [0.1, 0.15) is 56.3 Å². The molecule has 1 fully saturated rings. The first-order chi connectivity index (χ1) is 9.79. The topological polar surface area (TPSA) is 12.9 Å². The number of aromatic nitrogens is 1. The normalized spacial score (nSPS) is 28.1. The third-order valence-corrected chi connectivity index (χ3v) is 7.50. The number of rotatable bonds is 0. The van der Waals surface area contributed by atoms with Gasteiger partial charge in [-0.3, -0.25) is 4.98 Å². The molecule has 2 heterocycles. The number of thioether (sulfide) groups is 2. The van der Waals surface area contributed by atoms with Crippen molar-refractivity contribution in [3.8, 4) is 0 Å². The molecule has 4 heteroatoms. The lowest BCUT2D eigenvalue weighted by Gasteiger charge is -2.23. The number of hydrogen-bond donors (Lipinski definition) is 0. The van der Waals surface area contributed by atoms with Gasteiger partial charge in [-0.25, -0.2) is 0 Å². The number of pyridine rings is 1. The molecule has 20 heavy (non-hydrogen) atoms. The molecule has 3 rings (SSSR count). The van der Waals surface area contributed by atoms with Gasteiger partial charge in [-0.05, 0) is 54.0 Å². The van der Waals surface area contributed by atoms with E-state index in [9.17, 15) is 0 Å². The van der Waals surface area contributed by atoms with E-state index in [0.717, 1.165) is 22.0 Å². The zero-order chi connectivity index (χ0) is 13.8. The van der Waals surface area contributed by atoms with Gasteiger partial charge in [0.2, 0.25) is 0 Å². The van der Waals surface area contributed by atoms with E-state index in [-0.39, 0.29) is 0 Å². The zero-order valence-corrected chi connectivity index (χ0v) is 15.6. The maximum absolute atomic E-state index is 4.85. The summed E-state index contributed by atoms with van der Waals surface area (Å²) in [6, 6.07) is 4.52. The molecule has 2 unspecified atom stereocenters. The van der Waals surface area contributed by atoms with Crippen molar-refractivity contribution in [1.29, 1.82) is 0 Å². The van der Waals surface area contributed by atoms with Crippen LogP contribution in [-0.2, 0) is 11.5 Å². The van der Waals surface area contributed by atoms with E-state index in [1.165, 1.54) is 59.9 Å². The van der Waals surface area contributed by atoms with Crippen molar-refractivity contribution in [2.24, 2.45) is 0 Å². The molecule has 2 aliphatic rings. The van der Waals surface area contributed by atoms with Gasteiger partial charge in [0.25, 0.3) is 0 Å². The van der Waals surface area contributed by atoms with Crippen molar-refractivity contribution in [3.63, 3.8) is 0 Å². The second-order valence-corrected chi connectivity index (χ2v) is 9.68. The van der Waals surface area contributed by atoms with E-state index in [2.05, 4.69) is 58.2 Å². The highest BCUT2D eigenvalue weighted by Gasteiger charge is 2.21. The van der Waals surface area contributed by atoms with Gasteiger partial charge in [-0.1, -0.05) is 25.7 Å². The molecule has 2 atom stereocenters. The Labute approximate surface area is 144 Å². The molecule has 0 N–H and O–H groups in total. The van der Waals surface area contributed by atoms with Crippen LogP contribution in [0.5, 0.6) is 0 Å². The molecule has 1 saturated carbocycles. The van der Waals surface area contributed by atoms with E-state index in [4.69, 9.17) is 4.98 Å². The van der Waals surface area contributed by atoms with Crippen LogP contribution in [0.2, 0.25) is 0 Å². The van der Waals surface area contributed by atoms with Crippen LogP contribution in [0.4, 0.5) is 0 Å². The Kier molecular flexibility index (Phi) is 5.98. The van der Waals surface area contributed by atoms with Gasteiger partial charge in [0.05, 0.1) is 11.4 Å². The quantitative estimate of drug-likeness (QED) is 0.505. The molecule has 1 aromatic rings. The highest BCUT2D eigenvalue weighted by atomic mass is 127. The molecule has 0 amide bonds. The Hall–Kier alpha value is 0.580. The summed E-state index contributed by atoms with van der Waals surface area (Å²) in [6.45, 7) is 0. The van der Waals surface area contributed by atoms with Crippen LogP contribution in [-0.4, -0.2) is 15.5 Å². The van der Waals surface area contributed by atoms with Gasteiger partial charge >= 0.3 is 0 Å². The molecule has 1 nitrogen and oxygen atoms in total. The smallest absolute Gasteiger partial charge is 0.0516 e. The number of fused-ring (bicyclic) bond motifs is 4. The minimum absolute atomic E-state index is 0.854. The Morgan fingerprint density at radius 1 is 0.900 bits per heavy atom. The molecule has 1 aromatic heterocycles. The predicted molar refractivity (Wildman–Crippen MR) is 99.4 cm³/mol. The van der Waals surface area contributed by atoms with E-state index in [1.54, 1.807) is 0 Å². The van der Waals surface area contributed by atoms with Crippen molar-refractivity contribution >= 4 is 46.1 Å². The molecule has 0 saturated heterocycles. The second kappa shape index (κ2) is 7.73. The lowest BCUT2D eigenvalue weighted by Crippen LogP contribution is -2.15. The Morgan fingerprint density at radius 2 is 1.45 bits per heavy atom. The van der Waals surface area contributed by atoms with Gasteiger partial charge in [0, 0.05) is 25.6 Å². The summed E-state index contributed by atoms with van der Waals surface area (Å²) in [4.78, 5) is 4.85. The zero-order valence-electron chi connectivity index (χ0n) is 11.8. The molecule has 4 bridgehead atoms. The molecular formula is C16H22INS2. The first-order valence-corrected chi connectivity index (χ1v) is 10.9. The average molecular weight is 419 g/mol. The largest absolute Gasteiger partial charge is 0.256 e. The fourth-order valence-electron chi connectivity index (χ4n) is 3.09. The van der Waals surface area contributed by atoms with Gasteiger partial charge in [0.1, 0.15) is 0 Å². The van der Waals surface area contributed by atoms with Crippen molar-refractivity contribution in [3.05, 3.63) is 27.1 Å². The lowest BCUT2D eigenvalue weighted by atomic mass is 10.1.